The van der Waals surface area contributed by atoms with Crippen LogP contribution in [0.25, 0.3) is 11.4 Å². The molecule has 1 unspecified atom stereocenters. The summed E-state index contributed by atoms with van der Waals surface area (Å²) in [7, 11) is 0. The summed E-state index contributed by atoms with van der Waals surface area (Å²) in [5.74, 6) is 0.316. The number of aromatic carboxylic acids is 1. The van der Waals surface area contributed by atoms with Crippen molar-refractivity contribution < 1.29 is 9.90 Å². The van der Waals surface area contributed by atoms with Crippen LogP contribution < -0.4 is 5.73 Å². The zero-order valence-electron chi connectivity index (χ0n) is 10.3. The molecule has 1 aromatic carbocycles. The minimum absolute atomic E-state index is 0.110. The third kappa shape index (κ3) is 2.10. The number of aromatic nitrogens is 3. The number of nitrogens with two attached hydrogens (primary N) is 1. The lowest BCUT2D eigenvalue weighted by Gasteiger charge is -2.17. The quantitative estimate of drug-likeness (QED) is 0.835. The van der Waals surface area contributed by atoms with Gasteiger partial charge in [-0.05, 0) is 12.5 Å². The second-order valence-electron chi connectivity index (χ2n) is 4.68. The topological polar surface area (TPSA) is 94.0 Å². The largest absolute Gasteiger partial charge is 0.478 e. The molecule has 0 saturated heterocycles. The third-order valence-corrected chi connectivity index (χ3v) is 3.30. The van der Waals surface area contributed by atoms with Crippen LogP contribution in [0.3, 0.4) is 0 Å². The minimum atomic E-state index is -0.972. The number of hydrogen-bond acceptors (Lipinski definition) is 4. The molecule has 0 radical (unpaired) electrons. The van der Waals surface area contributed by atoms with Crippen LogP contribution in [0.2, 0.25) is 0 Å². The lowest BCUT2D eigenvalue weighted by Crippen LogP contribution is -2.31. The van der Waals surface area contributed by atoms with E-state index in [1.165, 1.54) is 0 Å². The maximum atomic E-state index is 11.2. The smallest absolute Gasteiger partial charge is 0.336 e. The predicted octanol–water partition coefficient (Wildman–Crippen LogP) is 0.917. The first kappa shape index (κ1) is 11.9. The fourth-order valence-corrected chi connectivity index (χ4v) is 2.31. The first-order valence-electron chi connectivity index (χ1n) is 6.17. The van der Waals surface area contributed by atoms with E-state index >= 15 is 0 Å². The Morgan fingerprint density at radius 3 is 3.00 bits per heavy atom. The van der Waals surface area contributed by atoms with Gasteiger partial charge in [-0.25, -0.2) is 14.5 Å². The van der Waals surface area contributed by atoms with Gasteiger partial charge in [0.25, 0.3) is 0 Å². The summed E-state index contributed by atoms with van der Waals surface area (Å²) >= 11 is 0. The first-order chi connectivity index (χ1) is 9.15. The van der Waals surface area contributed by atoms with Crippen molar-refractivity contribution >= 4 is 5.97 Å². The maximum Gasteiger partial charge on any atom is 0.336 e. The van der Waals surface area contributed by atoms with Gasteiger partial charge >= 0.3 is 5.97 Å². The number of carboxylic acids is 1. The molecular formula is C13H14N4O2. The fraction of sp³-hybridized carbons (Fsp3) is 0.308. The zero-order valence-corrected chi connectivity index (χ0v) is 10.3. The van der Waals surface area contributed by atoms with Crippen LogP contribution in [-0.4, -0.2) is 31.9 Å². The van der Waals surface area contributed by atoms with E-state index in [0.717, 1.165) is 18.8 Å². The van der Waals surface area contributed by atoms with Crippen molar-refractivity contribution in [2.75, 3.05) is 0 Å². The van der Waals surface area contributed by atoms with Crippen LogP contribution >= 0.6 is 0 Å². The van der Waals surface area contributed by atoms with E-state index in [4.69, 9.17) is 5.73 Å². The molecule has 98 valence electrons. The van der Waals surface area contributed by atoms with E-state index in [0.29, 0.717) is 17.8 Å². The molecule has 1 aromatic heterocycles. The van der Waals surface area contributed by atoms with Gasteiger partial charge in [-0.1, -0.05) is 18.2 Å². The van der Waals surface area contributed by atoms with E-state index in [1.54, 1.807) is 24.3 Å². The molecule has 0 saturated carbocycles. The van der Waals surface area contributed by atoms with Crippen LogP contribution in [0.1, 0.15) is 22.6 Å². The molecule has 19 heavy (non-hydrogen) atoms. The van der Waals surface area contributed by atoms with E-state index in [-0.39, 0.29) is 11.6 Å². The van der Waals surface area contributed by atoms with E-state index in [9.17, 15) is 9.90 Å². The molecule has 0 aliphatic carbocycles. The Labute approximate surface area is 109 Å². The third-order valence-electron chi connectivity index (χ3n) is 3.30. The second-order valence-corrected chi connectivity index (χ2v) is 4.68. The Morgan fingerprint density at radius 2 is 2.21 bits per heavy atom. The highest BCUT2D eigenvalue weighted by molar-refractivity contribution is 5.94. The molecule has 0 bridgehead atoms. The summed E-state index contributed by atoms with van der Waals surface area (Å²) < 4.78 is 1.82. The summed E-state index contributed by atoms with van der Waals surface area (Å²) in [4.78, 5) is 15.6. The average molecular weight is 258 g/mol. The monoisotopic (exact) mass is 258 g/mol. The first-order valence-corrected chi connectivity index (χ1v) is 6.17. The van der Waals surface area contributed by atoms with Crippen molar-refractivity contribution in [3.63, 3.8) is 0 Å². The number of fused-ring (bicyclic) bond motifs is 1. The summed E-state index contributed by atoms with van der Waals surface area (Å²) in [5.41, 5.74) is 6.66. The van der Waals surface area contributed by atoms with Gasteiger partial charge in [0.1, 0.15) is 5.82 Å². The maximum absolute atomic E-state index is 11.2. The molecule has 3 N–H and O–H groups in total. The van der Waals surface area contributed by atoms with E-state index in [1.807, 2.05) is 4.68 Å². The fourth-order valence-electron chi connectivity index (χ4n) is 2.31. The highest BCUT2D eigenvalue weighted by Gasteiger charge is 2.21. The molecule has 0 spiro atoms. The van der Waals surface area contributed by atoms with Crippen LogP contribution in [-0.2, 0) is 13.0 Å². The molecule has 0 amide bonds. The number of benzene rings is 1. The van der Waals surface area contributed by atoms with Crippen LogP contribution in [0.5, 0.6) is 0 Å². The second kappa shape index (κ2) is 4.47. The molecule has 0 fully saturated rings. The predicted molar refractivity (Wildman–Crippen MR) is 68.7 cm³/mol. The molecule has 2 heterocycles. The number of nitrogens with zero attached hydrogens (tertiary/aromatic N) is 3. The Morgan fingerprint density at radius 1 is 1.42 bits per heavy atom. The minimum Gasteiger partial charge on any atom is -0.478 e. The molecule has 1 aliphatic heterocycles. The van der Waals surface area contributed by atoms with E-state index in [2.05, 4.69) is 10.1 Å². The summed E-state index contributed by atoms with van der Waals surface area (Å²) in [6, 6.07) is 6.87. The lowest BCUT2D eigenvalue weighted by atomic mass is 10.1. The highest BCUT2D eigenvalue weighted by Crippen LogP contribution is 2.22. The van der Waals surface area contributed by atoms with Crippen molar-refractivity contribution in [3.05, 3.63) is 35.7 Å². The number of rotatable bonds is 2. The Hall–Kier alpha value is -2.21. The van der Waals surface area contributed by atoms with Gasteiger partial charge < -0.3 is 10.8 Å². The summed E-state index contributed by atoms with van der Waals surface area (Å²) in [5, 5.41) is 13.6. The number of carbonyl (C=O) groups is 1. The van der Waals surface area contributed by atoms with E-state index < -0.39 is 5.97 Å². The Kier molecular flexibility index (Phi) is 2.79. The van der Waals surface area contributed by atoms with Gasteiger partial charge in [-0.15, -0.1) is 0 Å². The zero-order chi connectivity index (χ0) is 13.4. The normalized spacial score (nSPS) is 18.1. The van der Waals surface area contributed by atoms with Crippen LogP contribution in [0.4, 0.5) is 0 Å². The van der Waals surface area contributed by atoms with Gasteiger partial charge in [0, 0.05) is 24.6 Å². The molecule has 2 aromatic rings. The Balaban J connectivity index is 2.06. The van der Waals surface area contributed by atoms with Crippen molar-refractivity contribution in [1.29, 1.82) is 0 Å². The van der Waals surface area contributed by atoms with Gasteiger partial charge in [0.15, 0.2) is 5.82 Å². The number of carboxylic acid groups (broad SMARTS) is 1. The molecule has 1 atom stereocenters. The number of aryl methyl sites for hydroxylation is 1. The lowest BCUT2D eigenvalue weighted by molar-refractivity contribution is 0.0697. The highest BCUT2D eigenvalue weighted by atomic mass is 16.4. The van der Waals surface area contributed by atoms with Crippen LogP contribution in [0.15, 0.2) is 24.3 Å². The molecule has 6 heteroatoms. The molecule has 3 rings (SSSR count). The Bertz CT molecular complexity index is 635. The van der Waals surface area contributed by atoms with Gasteiger partial charge in [-0.2, -0.15) is 5.10 Å². The standard InChI is InChI=1S/C13H14N4O2/c14-8-5-6-17-11(7-8)15-12(16-17)9-3-1-2-4-10(9)13(18)19/h1-4,8H,5-7,14H2,(H,18,19). The van der Waals surface area contributed by atoms with Crippen molar-refractivity contribution in [3.8, 4) is 11.4 Å². The van der Waals surface area contributed by atoms with Gasteiger partial charge in [0.2, 0.25) is 0 Å². The molecular weight excluding hydrogens is 244 g/mol. The number of hydrogen-bond donors (Lipinski definition) is 2. The molecule has 6 nitrogen and oxygen atoms in total. The summed E-state index contributed by atoms with van der Waals surface area (Å²) in [6.45, 7) is 0.735. The van der Waals surface area contributed by atoms with Gasteiger partial charge in [0.05, 0.1) is 5.56 Å². The van der Waals surface area contributed by atoms with Crippen molar-refractivity contribution in [2.24, 2.45) is 5.73 Å². The SMILES string of the molecule is NC1CCn2nc(-c3ccccc3C(=O)O)nc2C1. The molecule has 1 aliphatic rings. The van der Waals surface area contributed by atoms with Crippen LogP contribution in [0, 0.1) is 0 Å². The van der Waals surface area contributed by atoms with Crippen molar-refractivity contribution in [1.82, 2.24) is 14.8 Å². The van der Waals surface area contributed by atoms with Gasteiger partial charge in [-0.3, -0.25) is 0 Å². The average Bonchev–Trinajstić information content (AvgIpc) is 2.81. The van der Waals surface area contributed by atoms with Crippen molar-refractivity contribution in [2.45, 2.75) is 25.4 Å². The summed E-state index contributed by atoms with van der Waals surface area (Å²) in [6.07, 6.45) is 1.55.